The van der Waals surface area contributed by atoms with Crippen molar-refractivity contribution in [1.82, 2.24) is 4.90 Å². The Bertz CT molecular complexity index is 373. The highest BCUT2D eigenvalue weighted by molar-refractivity contribution is 5.03. The summed E-state index contributed by atoms with van der Waals surface area (Å²) in [5, 5.41) is 0. The van der Waals surface area contributed by atoms with E-state index in [1.807, 2.05) is 6.07 Å². The molecule has 0 atom stereocenters. The second-order valence-electron chi connectivity index (χ2n) is 6.69. The minimum Gasteiger partial charge on any atom is -0.468 e. The van der Waals surface area contributed by atoms with Crippen LogP contribution in [0.5, 0.6) is 0 Å². The molecule has 1 fully saturated rings. The Kier molecular flexibility index (Phi) is 4.36. The van der Waals surface area contributed by atoms with Gasteiger partial charge in [0.05, 0.1) is 12.8 Å². The van der Waals surface area contributed by atoms with Crippen LogP contribution in [-0.2, 0) is 6.54 Å². The number of hydrogen-bond donors (Lipinski definition) is 1. The molecule has 19 heavy (non-hydrogen) atoms. The van der Waals surface area contributed by atoms with Crippen LogP contribution in [0.2, 0.25) is 0 Å². The van der Waals surface area contributed by atoms with Crippen LogP contribution in [0.15, 0.2) is 22.8 Å². The van der Waals surface area contributed by atoms with Crippen molar-refractivity contribution in [3.63, 3.8) is 0 Å². The minimum absolute atomic E-state index is 0.164. The molecule has 1 saturated carbocycles. The topological polar surface area (TPSA) is 42.4 Å². The Hall–Kier alpha value is -0.800. The highest BCUT2D eigenvalue weighted by Crippen LogP contribution is 2.43. The van der Waals surface area contributed by atoms with E-state index in [0.717, 1.165) is 25.4 Å². The first kappa shape index (κ1) is 14.6. The molecule has 0 radical (unpaired) electrons. The second kappa shape index (κ2) is 5.68. The predicted molar refractivity (Wildman–Crippen MR) is 78.8 cm³/mol. The zero-order chi connectivity index (χ0) is 13.9. The second-order valence-corrected chi connectivity index (χ2v) is 6.69. The van der Waals surface area contributed by atoms with E-state index in [2.05, 4.69) is 31.7 Å². The lowest BCUT2D eigenvalue weighted by molar-refractivity contribution is 0.0166. The maximum atomic E-state index is 6.16. The van der Waals surface area contributed by atoms with Gasteiger partial charge in [-0.15, -0.1) is 0 Å². The van der Waals surface area contributed by atoms with E-state index in [0.29, 0.717) is 5.41 Å². The van der Waals surface area contributed by atoms with E-state index >= 15 is 0 Å². The summed E-state index contributed by atoms with van der Waals surface area (Å²) >= 11 is 0. The third kappa shape index (κ3) is 3.21. The molecule has 3 nitrogen and oxygen atoms in total. The lowest BCUT2D eigenvalue weighted by Gasteiger charge is -2.49. The van der Waals surface area contributed by atoms with Gasteiger partial charge in [-0.2, -0.15) is 0 Å². The molecule has 0 saturated heterocycles. The molecule has 1 aliphatic rings. The van der Waals surface area contributed by atoms with Gasteiger partial charge in [0, 0.05) is 12.1 Å². The molecule has 2 rings (SSSR count). The van der Waals surface area contributed by atoms with Crippen LogP contribution in [0.1, 0.15) is 52.2 Å². The first-order valence-corrected chi connectivity index (χ1v) is 7.49. The van der Waals surface area contributed by atoms with E-state index in [4.69, 9.17) is 10.2 Å². The van der Waals surface area contributed by atoms with E-state index in [1.54, 1.807) is 6.26 Å². The van der Waals surface area contributed by atoms with Crippen LogP contribution in [0.25, 0.3) is 0 Å². The van der Waals surface area contributed by atoms with Crippen LogP contribution in [-0.4, -0.2) is 23.5 Å². The summed E-state index contributed by atoms with van der Waals surface area (Å²) in [6.45, 7) is 9.61. The van der Waals surface area contributed by atoms with E-state index in [9.17, 15) is 0 Å². The number of rotatable bonds is 5. The fourth-order valence-corrected chi connectivity index (χ4v) is 3.25. The lowest BCUT2D eigenvalue weighted by Crippen LogP contribution is -2.56. The first-order valence-electron chi connectivity index (χ1n) is 7.49. The molecule has 0 spiro atoms. The summed E-state index contributed by atoms with van der Waals surface area (Å²) in [4.78, 5) is 2.51. The number of nitrogens with zero attached hydrogens (tertiary/aromatic N) is 1. The van der Waals surface area contributed by atoms with Crippen molar-refractivity contribution in [2.75, 3.05) is 13.1 Å². The first-order chi connectivity index (χ1) is 9.01. The fraction of sp³-hybridized carbons (Fsp3) is 0.750. The Morgan fingerprint density at radius 2 is 1.95 bits per heavy atom. The van der Waals surface area contributed by atoms with Crippen molar-refractivity contribution in [1.29, 1.82) is 0 Å². The number of furan rings is 1. The summed E-state index contributed by atoms with van der Waals surface area (Å²) in [6.07, 6.45) is 6.68. The van der Waals surface area contributed by atoms with E-state index < -0.39 is 0 Å². The molecular formula is C16H28N2O. The summed E-state index contributed by atoms with van der Waals surface area (Å²) in [6, 6.07) is 4.02. The summed E-state index contributed by atoms with van der Waals surface area (Å²) in [5.41, 5.74) is 6.80. The standard InChI is InChI=1S/C16H28N2O/c1-4-18(12-14-6-5-11-19-14)16(13-17)9-7-15(2,3)8-10-16/h5-6,11H,4,7-10,12-13,17H2,1-3H3. The predicted octanol–water partition coefficient (Wildman–Crippen LogP) is 3.40. The maximum Gasteiger partial charge on any atom is 0.117 e. The van der Waals surface area contributed by atoms with Gasteiger partial charge in [0.2, 0.25) is 0 Å². The number of hydrogen-bond acceptors (Lipinski definition) is 3. The van der Waals surface area contributed by atoms with Gasteiger partial charge in [0.15, 0.2) is 0 Å². The Labute approximate surface area is 117 Å². The molecule has 1 aromatic heterocycles. The molecule has 0 unspecified atom stereocenters. The molecule has 0 aliphatic heterocycles. The molecule has 3 heteroatoms. The summed E-state index contributed by atoms with van der Waals surface area (Å²) < 4.78 is 5.50. The van der Waals surface area contributed by atoms with Crippen molar-refractivity contribution in [3.8, 4) is 0 Å². The summed E-state index contributed by atoms with van der Waals surface area (Å²) in [7, 11) is 0. The van der Waals surface area contributed by atoms with Gasteiger partial charge in [0.25, 0.3) is 0 Å². The van der Waals surface area contributed by atoms with Gasteiger partial charge in [-0.25, -0.2) is 0 Å². The number of likely N-dealkylation sites (N-methyl/N-ethyl adjacent to an activating group) is 1. The lowest BCUT2D eigenvalue weighted by atomic mass is 9.68. The average molecular weight is 264 g/mol. The van der Waals surface area contributed by atoms with E-state index in [1.165, 1.54) is 25.7 Å². The minimum atomic E-state index is 0.164. The van der Waals surface area contributed by atoms with Gasteiger partial charge in [-0.1, -0.05) is 20.8 Å². The van der Waals surface area contributed by atoms with Crippen LogP contribution >= 0.6 is 0 Å². The molecule has 0 bridgehead atoms. The third-order valence-electron chi connectivity index (χ3n) is 4.89. The third-order valence-corrected chi connectivity index (χ3v) is 4.89. The number of nitrogens with two attached hydrogens (primary N) is 1. The van der Waals surface area contributed by atoms with Crippen molar-refractivity contribution in [3.05, 3.63) is 24.2 Å². The van der Waals surface area contributed by atoms with E-state index in [-0.39, 0.29) is 5.54 Å². The van der Waals surface area contributed by atoms with Crippen LogP contribution in [0.4, 0.5) is 0 Å². The SMILES string of the molecule is CCN(Cc1ccco1)C1(CN)CCC(C)(C)CC1. The molecule has 1 aromatic rings. The van der Waals surface area contributed by atoms with Gasteiger partial charge in [-0.05, 0) is 49.8 Å². The highest BCUT2D eigenvalue weighted by Gasteiger charge is 2.41. The van der Waals surface area contributed by atoms with Gasteiger partial charge in [0.1, 0.15) is 5.76 Å². The Morgan fingerprint density at radius 1 is 1.26 bits per heavy atom. The Balaban J connectivity index is 2.10. The normalized spacial score (nSPS) is 21.7. The van der Waals surface area contributed by atoms with Crippen molar-refractivity contribution in [2.45, 2.75) is 58.5 Å². The zero-order valence-corrected chi connectivity index (χ0v) is 12.6. The molecule has 0 amide bonds. The largest absolute Gasteiger partial charge is 0.468 e. The zero-order valence-electron chi connectivity index (χ0n) is 12.6. The molecule has 1 aliphatic carbocycles. The van der Waals surface area contributed by atoms with Gasteiger partial charge < -0.3 is 10.2 Å². The highest BCUT2D eigenvalue weighted by atomic mass is 16.3. The molecular weight excluding hydrogens is 236 g/mol. The average Bonchev–Trinajstić information content (AvgIpc) is 2.90. The Morgan fingerprint density at radius 3 is 2.42 bits per heavy atom. The molecule has 0 aromatic carbocycles. The molecule has 2 N–H and O–H groups in total. The maximum absolute atomic E-state index is 6.16. The molecule has 1 heterocycles. The van der Waals surface area contributed by atoms with Crippen molar-refractivity contribution >= 4 is 0 Å². The van der Waals surface area contributed by atoms with Crippen LogP contribution < -0.4 is 5.73 Å². The fourth-order valence-electron chi connectivity index (χ4n) is 3.25. The smallest absolute Gasteiger partial charge is 0.117 e. The monoisotopic (exact) mass is 264 g/mol. The molecule has 108 valence electrons. The summed E-state index contributed by atoms with van der Waals surface area (Å²) in [5.74, 6) is 1.04. The van der Waals surface area contributed by atoms with Crippen molar-refractivity contribution < 1.29 is 4.42 Å². The quantitative estimate of drug-likeness (QED) is 0.886. The van der Waals surface area contributed by atoms with Gasteiger partial charge >= 0.3 is 0 Å². The van der Waals surface area contributed by atoms with Crippen LogP contribution in [0.3, 0.4) is 0 Å². The van der Waals surface area contributed by atoms with Gasteiger partial charge in [-0.3, -0.25) is 4.90 Å². The van der Waals surface area contributed by atoms with Crippen LogP contribution in [0, 0.1) is 5.41 Å². The van der Waals surface area contributed by atoms with Crippen molar-refractivity contribution in [2.24, 2.45) is 11.1 Å².